The lowest BCUT2D eigenvalue weighted by atomic mass is 10.2. The molecule has 0 heterocycles. The zero-order valence-electron chi connectivity index (χ0n) is 12.5. The molecule has 2 aromatic rings. The summed E-state index contributed by atoms with van der Waals surface area (Å²) >= 11 is 0. The molecule has 0 N–H and O–H groups in total. The molecule has 2 rings (SSSR count). The van der Waals surface area contributed by atoms with Crippen molar-refractivity contribution >= 4 is 9.84 Å². The van der Waals surface area contributed by atoms with Gasteiger partial charge in [0, 0.05) is 5.56 Å². The van der Waals surface area contributed by atoms with Crippen LogP contribution in [0.5, 0.6) is 0 Å². The van der Waals surface area contributed by atoms with Crippen LogP contribution in [0.25, 0.3) is 0 Å². The van der Waals surface area contributed by atoms with E-state index in [1.807, 2.05) is 18.2 Å². The molecule has 114 valence electrons. The number of benzene rings is 2. The Morgan fingerprint density at radius 2 is 1.29 bits per heavy atom. The van der Waals surface area contributed by atoms with Gasteiger partial charge in [0.25, 0.3) is 0 Å². The second-order valence-corrected chi connectivity index (χ2v) is 7.86. The van der Waals surface area contributed by atoms with Crippen molar-refractivity contribution in [1.29, 1.82) is 0 Å². The number of sulfone groups is 1. The Morgan fingerprint density at radius 3 is 1.76 bits per heavy atom. The van der Waals surface area contributed by atoms with Gasteiger partial charge >= 0.3 is 0 Å². The fourth-order valence-electron chi connectivity index (χ4n) is 2.06. The molecule has 0 amide bonds. The van der Waals surface area contributed by atoms with E-state index in [2.05, 4.69) is 21.1 Å². The summed E-state index contributed by atoms with van der Waals surface area (Å²) in [4.78, 5) is 0.674. The second kappa shape index (κ2) is 6.73. The number of rotatable bonds is 4. The molecule has 0 saturated heterocycles. The minimum atomic E-state index is -3.40. The zero-order valence-corrected chi connectivity index (χ0v) is 14.9. The van der Waals surface area contributed by atoms with E-state index in [1.165, 1.54) is 0 Å². The Kier molecular flexibility index (Phi) is 5.73. The first kappa shape index (κ1) is 17.9. The Bertz CT molecular complexity index is 674. The van der Waals surface area contributed by atoms with Crippen LogP contribution in [0.2, 0.25) is 0 Å². The van der Waals surface area contributed by atoms with Gasteiger partial charge < -0.3 is 21.5 Å². The largest absolute Gasteiger partial charge is 1.00 e. The van der Waals surface area contributed by atoms with E-state index in [9.17, 15) is 8.42 Å². The van der Waals surface area contributed by atoms with Gasteiger partial charge in [0.15, 0.2) is 0 Å². The molecule has 0 saturated carbocycles. The van der Waals surface area contributed by atoms with Gasteiger partial charge in [0.2, 0.25) is 9.84 Å². The van der Waals surface area contributed by atoms with Crippen LogP contribution in [0, 0.1) is 0 Å². The highest BCUT2D eigenvalue weighted by molar-refractivity contribution is 7.91. The summed E-state index contributed by atoms with van der Waals surface area (Å²) in [5.74, 6) is 0. The lowest BCUT2D eigenvalue weighted by Crippen LogP contribution is -3.00. The third kappa shape index (κ3) is 4.66. The van der Waals surface area contributed by atoms with Crippen molar-refractivity contribution in [2.45, 2.75) is 16.3 Å². The standard InChI is InChI=1S/C16H20NO2S.BrH/c1-17(2,3)13-14-9-11-16(12-10-14)20(18,19)15-7-5-4-6-8-15;/h4-12H,13H2,1-3H3;1H/q+1;/p-1. The molecule has 3 nitrogen and oxygen atoms in total. The molecule has 0 aliphatic heterocycles. The average molecular weight is 370 g/mol. The molecule has 0 unspecified atom stereocenters. The van der Waals surface area contributed by atoms with E-state index in [1.54, 1.807) is 36.4 Å². The van der Waals surface area contributed by atoms with Gasteiger partial charge in [-0.3, -0.25) is 0 Å². The van der Waals surface area contributed by atoms with Gasteiger partial charge in [-0.1, -0.05) is 30.3 Å². The van der Waals surface area contributed by atoms with Crippen molar-refractivity contribution < 1.29 is 29.9 Å². The van der Waals surface area contributed by atoms with E-state index in [0.29, 0.717) is 9.79 Å². The van der Waals surface area contributed by atoms with Crippen LogP contribution in [0.1, 0.15) is 5.56 Å². The van der Waals surface area contributed by atoms with Crippen LogP contribution in [0.4, 0.5) is 0 Å². The first-order valence-corrected chi connectivity index (χ1v) is 7.97. The van der Waals surface area contributed by atoms with Crippen molar-refractivity contribution in [3.8, 4) is 0 Å². The van der Waals surface area contributed by atoms with Gasteiger partial charge in [-0.15, -0.1) is 0 Å². The smallest absolute Gasteiger partial charge is 0.206 e. The molecule has 21 heavy (non-hydrogen) atoms. The molecule has 0 atom stereocenters. The van der Waals surface area contributed by atoms with Gasteiger partial charge in [-0.25, -0.2) is 8.42 Å². The summed E-state index contributed by atoms with van der Waals surface area (Å²) in [5, 5.41) is 0. The van der Waals surface area contributed by atoms with Crippen LogP contribution in [0.3, 0.4) is 0 Å². The molecule has 0 radical (unpaired) electrons. The first-order chi connectivity index (χ1) is 9.29. The highest BCUT2D eigenvalue weighted by Gasteiger charge is 2.17. The Hall–Kier alpha value is -1.17. The number of hydrogen-bond acceptors (Lipinski definition) is 2. The highest BCUT2D eigenvalue weighted by atomic mass is 79.9. The molecule has 0 aliphatic carbocycles. The molecule has 0 fully saturated rings. The van der Waals surface area contributed by atoms with E-state index < -0.39 is 9.84 Å². The predicted molar refractivity (Wildman–Crippen MR) is 80.1 cm³/mol. The lowest BCUT2D eigenvalue weighted by Gasteiger charge is -2.23. The topological polar surface area (TPSA) is 34.1 Å². The molecule has 0 spiro atoms. The van der Waals surface area contributed by atoms with Gasteiger partial charge in [0.05, 0.1) is 30.9 Å². The van der Waals surface area contributed by atoms with Crippen molar-refractivity contribution in [3.05, 3.63) is 60.2 Å². The van der Waals surface area contributed by atoms with Crippen LogP contribution in [-0.4, -0.2) is 34.0 Å². The van der Waals surface area contributed by atoms with Gasteiger partial charge in [-0.2, -0.15) is 0 Å². The fourth-order valence-corrected chi connectivity index (χ4v) is 3.34. The third-order valence-electron chi connectivity index (χ3n) is 2.94. The molecular formula is C16H20BrNO2S. The predicted octanol–water partition coefficient (Wildman–Crippen LogP) is -0.270. The summed E-state index contributed by atoms with van der Waals surface area (Å²) in [6, 6.07) is 15.7. The molecular weight excluding hydrogens is 350 g/mol. The van der Waals surface area contributed by atoms with E-state index in [0.717, 1.165) is 16.6 Å². The summed E-state index contributed by atoms with van der Waals surface area (Å²) in [5.41, 5.74) is 1.13. The lowest BCUT2D eigenvalue weighted by molar-refractivity contribution is -0.884. The van der Waals surface area contributed by atoms with E-state index >= 15 is 0 Å². The number of hydrogen-bond donors (Lipinski definition) is 0. The average Bonchev–Trinajstić information content (AvgIpc) is 2.38. The van der Waals surface area contributed by atoms with Crippen molar-refractivity contribution in [3.63, 3.8) is 0 Å². The molecule has 2 aromatic carbocycles. The Morgan fingerprint density at radius 1 is 0.810 bits per heavy atom. The minimum Gasteiger partial charge on any atom is -1.00 e. The maximum absolute atomic E-state index is 12.4. The van der Waals surface area contributed by atoms with Crippen LogP contribution in [-0.2, 0) is 16.4 Å². The minimum absolute atomic E-state index is 0. The van der Waals surface area contributed by atoms with Crippen LogP contribution >= 0.6 is 0 Å². The molecule has 0 bridgehead atoms. The molecule has 0 aliphatic rings. The monoisotopic (exact) mass is 369 g/mol. The van der Waals surface area contributed by atoms with E-state index in [-0.39, 0.29) is 17.0 Å². The number of nitrogens with zero attached hydrogens (tertiary/aromatic N) is 1. The maximum Gasteiger partial charge on any atom is 0.206 e. The SMILES string of the molecule is C[N+](C)(C)Cc1ccc(S(=O)(=O)c2ccccc2)cc1.[Br-]. The zero-order chi connectivity index (χ0) is 14.8. The summed E-state index contributed by atoms with van der Waals surface area (Å²) < 4.78 is 25.7. The van der Waals surface area contributed by atoms with Gasteiger partial charge in [-0.05, 0) is 24.3 Å². The quantitative estimate of drug-likeness (QED) is 0.695. The molecule has 5 heteroatoms. The second-order valence-electron chi connectivity index (χ2n) is 5.91. The summed E-state index contributed by atoms with van der Waals surface area (Å²) in [6.45, 7) is 0.867. The van der Waals surface area contributed by atoms with E-state index in [4.69, 9.17) is 0 Å². The summed E-state index contributed by atoms with van der Waals surface area (Å²) in [6.07, 6.45) is 0. The maximum atomic E-state index is 12.4. The highest BCUT2D eigenvalue weighted by Crippen LogP contribution is 2.21. The fraction of sp³-hybridized carbons (Fsp3) is 0.250. The number of quaternary nitrogens is 1. The van der Waals surface area contributed by atoms with Crippen LogP contribution in [0.15, 0.2) is 64.4 Å². The van der Waals surface area contributed by atoms with Crippen molar-refractivity contribution in [1.82, 2.24) is 0 Å². The third-order valence-corrected chi connectivity index (χ3v) is 4.73. The Balaban J connectivity index is 0.00000220. The van der Waals surface area contributed by atoms with Crippen molar-refractivity contribution in [2.24, 2.45) is 0 Å². The normalized spacial score (nSPS) is 11.8. The van der Waals surface area contributed by atoms with Crippen LogP contribution < -0.4 is 17.0 Å². The van der Waals surface area contributed by atoms with Gasteiger partial charge in [0.1, 0.15) is 6.54 Å². The summed E-state index contributed by atoms with van der Waals surface area (Å²) in [7, 11) is 2.91. The number of halogens is 1. The molecule has 0 aromatic heterocycles. The Labute approximate surface area is 137 Å². The van der Waals surface area contributed by atoms with Crippen molar-refractivity contribution in [2.75, 3.05) is 21.1 Å². The first-order valence-electron chi connectivity index (χ1n) is 6.49.